The first kappa shape index (κ1) is 22.1. The maximum Gasteiger partial charge on any atom is 0.00793 e. The molecule has 26 heavy (non-hydrogen) atoms. The fraction of sp³-hybridized carbons (Fsp3) is 1.00. The lowest BCUT2D eigenvalue weighted by molar-refractivity contribution is 0.495. The van der Waals surface area contributed by atoms with Crippen molar-refractivity contribution < 1.29 is 0 Å². The van der Waals surface area contributed by atoms with E-state index in [1.165, 1.54) is 103 Å². The van der Waals surface area contributed by atoms with Crippen LogP contribution in [-0.4, -0.2) is 51.4 Å². The molecule has 4 nitrogen and oxygen atoms in total. The highest BCUT2D eigenvalue weighted by Crippen LogP contribution is 2.17. The van der Waals surface area contributed by atoms with Gasteiger partial charge in [0.05, 0.1) is 0 Å². The molecule has 0 saturated heterocycles. The van der Waals surface area contributed by atoms with Gasteiger partial charge in [0, 0.05) is 38.3 Å². The molecule has 0 radical (unpaired) electrons. The number of unbranched alkanes of at least 4 members (excludes halogenated alkanes) is 5. The molecule has 0 unspecified atom stereocenters. The molecule has 0 aromatic rings. The Morgan fingerprint density at radius 3 is 1.23 bits per heavy atom. The van der Waals surface area contributed by atoms with E-state index >= 15 is 0 Å². The van der Waals surface area contributed by atoms with Crippen molar-refractivity contribution in [3.63, 3.8) is 0 Å². The summed E-state index contributed by atoms with van der Waals surface area (Å²) in [5.74, 6) is 0. The molecule has 4 heteroatoms. The summed E-state index contributed by atoms with van der Waals surface area (Å²) in [5, 5.41) is 14.5. The number of hydrogen-bond acceptors (Lipinski definition) is 4. The molecule has 0 amide bonds. The number of nitrogens with one attached hydrogen (secondary N) is 4. The van der Waals surface area contributed by atoms with Crippen molar-refractivity contribution in [1.82, 2.24) is 21.3 Å². The summed E-state index contributed by atoms with van der Waals surface area (Å²) in [6, 6.07) is 1.63. The van der Waals surface area contributed by atoms with E-state index in [4.69, 9.17) is 0 Å². The molecule has 0 aromatic heterocycles. The van der Waals surface area contributed by atoms with Crippen LogP contribution in [0.25, 0.3) is 0 Å². The smallest absolute Gasteiger partial charge is 0.00793 e. The van der Waals surface area contributed by atoms with Gasteiger partial charge in [0.25, 0.3) is 0 Å². The van der Waals surface area contributed by atoms with Gasteiger partial charge in [-0.05, 0) is 51.6 Å². The number of hydrogen-bond donors (Lipinski definition) is 4. The Balaban J connectivity index is 1.19. The molecule has 0 aliphatic heterocycles. The summed E-state index contributed by atoms with van der Waals surface area (Å²) in [6.45, 7) is 6.96. The largest absolute Gasteiger partial charge is 0.315 e. The molecule has 2 saturated carbocycles. The van der Waals surface area contributed by atoms with Crippen LogP contribution in [0, 0.1) is 0 Å². The second-order valence-electron chi connectivity index (χ2n) is 8.49. The highest BCUT2D eigenvalue weighted by molar-refractivity contribution is 4.74. The van der Waals surface area contributed by atoms with E-state index in [0.717, 1.165) is 38.3 Å². The van der Waals surface area contributed by atoms with E-state index in [9.17, 15) is 0 Å². The van der Waals surface area contributed by atoms with Gasteiger partial charge in [-0.15, -0.1) is 0 Å². The molecule has 2 aliphatic rings. The fourth-order valence-electron chi connectivity index (χ4n) is 4.45. The van der Waals surface area contributed by atoms with Gasteiger partial charge in [0.15, 0.2) is 0 Å². The SMILES string of the molecule is C(CCCCNCCNC1CCCC1)CCCNCCNC1CCCC1. The normalized spacial score (nSPS) is 18.9. The Hall–Kier alpha value is -0.160. The van der Waals surface area contributed by atoms with Crippen LogP contribution in [0.5, 0.6) is 0 Å². The van der Waals surface area contributed by atoms with Gasteiger partial charge in [-0.2, -0.15) is 0 Å². The Kier molecular flexibility index (Phi) is 13.5. The molecule has 2 rings (SSSR count). The fourth-order valence-corrected chi connectivity index (χ4v) is 4.45. The summed E-state index contributed by atoms with van der Waals surface area (Å²) < 4.78 is 0. The lowest BCUT2D eigenvalue weighted by atomic mass is 10.1. The molecule has 2 aliphatic carbocycles. The first-order valence-corrected chi connectivity index (χ1v) is 11.8. The minimum Gasteiger partial charge on any atom is -0.315 e. The van der Waals surface area contributed by atoms with Gasteiger partial charge in [-0.25, -0.2) is 0 Å². The molecule has 2 fully saturated rings. The van der Waals surface area contributed by atoms with Gasteiger partial charge >= 0.3 is 0 Å². The predicted octanol–water partition coefficient (Wildman–Crippen LogP) is 3.57. The van der Waals surface area contributed by atoms with Crippen LogP contribution in [0.3, 0.4) is 0 Å². The maximum absolute atomic E-state index is 3.67. The second-order valence-corrected chi connectivity index (χ2v) is 8.49. The lowest BCUT2D eigenvalue weighted by Gasteiger charge is -2.12. The predicted molar refractivity (Wildman–Crippen MR) is 114 cm³/mol. The standard InChI is InChI=1S/C22H46N4/c1(3-9-15-23-17-19-25-21-11-5-6-12-21)2-4-10-16-24-18-20-26-22-13-7-8-14-22/h21-26H,1-20H2. The van der Waals surface area contributed by atoms with Crippen LogP contribution >= 0.6 is 0 Å². The van der Waals surface area contributed by atoms with Crippen LogP contribution in [-0.2, 0) is 0 Å². The first-order chi connectivity index (χ1) is 12.9. The number of rotatable bonds is 17. The zero-order valence-electron chi connectivity index (χ0n) is 17.3. The molecular formula is C22H46N4. The van der Waals surface area contributed by atoms with Crippen LogP contribution in [0.4, 0.5) is 0 Å². The molecule has 0 bridgehead atoms. The van der Waals surface area contributed by atoms with E-state index in [1.54, 1.807) is 0 Å². The van der Waals surface area contributed by atoms with Crippen molar-refractivity contribution in [3.05, 3.63) is 0 Å². The Morgan fingerprint density at radius 2 is 0.808 bits per heavy atom. The molecule has 0 heterocycles. The molecular weight excluding hydrogens is 320 g/mol. The second kappa shape index (κ2) is 15.9. The van der Waals surface area contributed by atoms with Gasteiger partial charge in [-0.3, -0.25) is 0 Å². The zero-order valence-corrected chi connectivity index (χ0v) is 17.3. The Bertz CT molecular complexity index is 269. The third kappa shape index (κ3) is 11.5. The van der Waals surface area contributed by atoms with Crippen molar-refractivity contribution in [2.75, 3.05) is 39.3 Å². The summed E-state index contributed by atoms with van der Waals surface area (Å²) in [5.41, 5.74) is 0. The van der Waals surface area contributed by atoms with Crippen molar-refractivity contribution in [2.45, 2.75) is 102 Å². The topological polar surface area (TPSA) is 48.1 Å². The zero-order chi connectivity index (χ0) is 18.1. The Morgan fingerprint density at radius 1 is 0.423 bits per heavy atom. The van der Waals surface area contributed by atoms with E-state index in [-0.39, 0.29) is 0 Å². The first-order valence-electron chi connectivity index (χ1n) is 11.8. The Labute approximate surface area is 163 Å². The molecule has 0 aromatic carbocycles. The van der Waals surface area contributed by atoms with Gasteiger partial charge in [0.2, 0.25) is 0 Å². The maximum atomic E-state index is 3.67. The van der Waals surface area contributed by atoms with Gasteiger partial charge in [0.1, 0.15) is 0 Å². The van der Waals surface area contributed by atoms with E-state index < -0.39 is 0 Å². The van der Waals surface area contributed by atoms with Crippen molar-refractivity contribution in [3.8, 4) is 0 Å². The quantitative estimate of drug-likeness (QED) is 0.297. The summed E-state index contributed by atoms with van der Waals surface area (Å²) in [4.78, 5) is 0. The van der Waals surface area contributed by atoms with Gasteiger partial charge < -0.3 is 21.3 Å². The molecule has 0 atom stereocenters. The highest BCUT2D eigenvalue weighted by atomic mass is 15.0. The third-order valence-corrected chi connectivity index (χ3v) is 6.14. The van der Waals surface area contributed by atoms with Crippen LogP contribution in [0.2, 0.25) is 0 Å². The van der Waals surface area contributed by atoms with Crippen LogP contribution in [0.1, 0.15) is 89.9 Å². The lowest BCUT2D eigenvalue weighted by Crippen LogP contribution is -2.33. The monoisotopic (exact) mass is 366 g/mol. The van der Waals surface area contributed by atoms with Crippen molar-refractivity contribution in [1.29, 1.82) is 0 Å². The molecule has 4 N–H and O–H groups in total. The minimum absolute atomic E-state index is 0.815. The summed E-state index contributed by atoms with van der Waals surface area (Å²) >= 11 is 0. The van der Waals surface area contributed by atoms with E-state index in [1.807, 2.05) is 0 Å². The van der Waals surface area contributed by atoms with Gasteiger partial charge in [-0.1, -0.05) is 51.4 Å². The highest BCUT2D eigenvalue weighted by Gasteiger charge is 2.13. The molecule has 154 valence electrons. The van der Waals surface area contributed by atoms with Crippen LogP contribution in [0.15, 0.2) is 0 Å². The van der Waals surface area contributed by atoms with Crippen molar-refractivity contribution >= 4 is 0 Å². The van der Waals surface area contributed by atoms with Crippen molar-refractivity contribution in [2.24, 2.45) is 0 Å². The average Bonchev–Trinajstić information content (AvgIpc) is 3.35. The van der Waals surface area contributed by atoms with Crippen LogP contribution < -0.4 is 21.3 Å². The van der Waals surface area contributed by atoms with E-state index in [0.29, 0.717) is 0 Å². The molecule has 0 spiro atoms. The minimum atomic E-state index is 0.815. The third-order valence-electron chi connectivity index (χ3n) is 6.14. The average molecular weight is 367 g/mol. The summed E-state index contributed by atoms with van der Waals surface area (Å²) in [6.07, 6.45) is 19.6. The van der Waals surface area contributed by atoms with E-state index in [2.05, 4.69) is 21.3 Å². The summed E-state index contributed by atoms with van der Waals surface area (Å²) in [7, 11) is 0.